The molecule has 0 aromatic heterocycles. The molecule has 0 bridgehead atoms. The summed E-state index contributed by atoms with van der Waals surface area (Å²) in [6.45, 7) is 4.19. The van der Waals surface area contributed by atoms with E-state index in [-0.39, 0.29) is 12.5 Å². The van der Waals surface area contributed by atoms with Crippen LogP contribution in [0.15, 0.2) is 18.2 Å². The molecule has 4 nitrogen and oxygen atoms in total. The van der Waals surface area contributed by atoms with Gasteiger partial charge in [-0.2, -0.15) is 0 Å². The minimum Gasteiger partial charge on any atom is -0.481 e. The molecule has 1 aromatic carbocycles. The standard InChI is InChI=1S/C12H17FN2O2/c1-3-15-12(16)8(2)17-11-5-9(7-14)4-10(13)6-11/h4-6,8H,3,7,14H2,1-2H3,(H,15,16). The summed E-state index contributed by atoms with van der Waals surface area (Å²) in [5.74, 6) is -0.346. The van der Waals surface area contributed by atoms with E-state index in [0.29, 0.717) is 17.9 Å². The fraction of sp³-hybridized carbons (Fsp3) is 0.417. The van der Waals surface area contributed by atoms with Crippen molar-refractivity contribution >= 4 is 5.91 Å². The number of rotatable bonds is 5. The van der Waals surface area contributed by atoms with Crippen molar-refractivity contribution in [2.75, 3.05) is 6.54 Å². The first kappa shape index (κ1) is 13.4. The molecule has 0 aliphatic heterocycles. The van der Waals surface area contributed by atoms with Crippen molar-refractivity contribution in [2.45, 2.75) is 26.5 Å². The van der Waals surface area contributed by atoms with E-state index in [0.717, 1.165) is 0 Å². The van der Waals surface area contributed by atoms with Gasteiger partial charge in [0.15, 0.2) is 6.10 Å². The van der Waals surface area contributed by atoms with Crippen LogP contribution in [0.25, 0.3) is 0 Å². The van der Waals surface area contributed by atoms with Crippen molar-refractivity contribution in [2.24, 2.45) is 5.73 Å². The number of amides is 1. The summed E-state index contributed by atoms with van der Waals surface area (Å²) >= 11 is 0. The van der Waals surface area contributed by atoms with E-state index in [9.17, 15) is 9.18 Å². The number of nitrogens with one attached hydrogen (secondary N) is 1. The largest absolute Gasteiger partial charge is 0.481 e. The maximum absolute atomic E-state index is 13.2. The van der Waals surface area contributed by atoms with E-state index in [1.807, 2.05) is 6.92 Å². The summed E-state index contributed by atoms with van der Waals surface area (Å²) in [6.07, 6.45) is -0.664. The molecular formula is C12H17FN2O2. The number of hydrogen-bond acceptors (Lipinski definition) is 3. The summed E-state index contributed by atoms with van der Waals surface area (Å²) in [6, 6.07) is 4.19. The number of halogens is 1. The zero-order chi connectivity index (χ0) is 12.8. The lowest BCUT2D eigenvalue weighted by Gasteiger charge is -2.14. The second-order valence-electron chi connectivity index (χ2n) is 3.65. The Balaban J connectivity index is 2.73. The van der Waals surface area contributed by atoms with Crippen LogP contribution in [0.1, 0.15) is 19.4 Å². The van der Waals surface area contributed by atoms with Gasteiger partial charge in [-0.1, -0.05) is 0 Å². The molecule has 0 aliphatic rings. The van der Waals surface area contributed by atoms with E-state index in [2.05, 4.69) is 5.32 Å². The molecule has 5 heteroatoms. The Morgan fingerprint density at radius 1 is 1.53 bits per heavy atom. The first-order chi connectivity index (χ1) is 8.06. The number of ether oxygens (including phenoxy) is 1. The van der Waals surface area contributed by atoms with Gasteiger partial charge in [0, 0.05) is 19.2 Å². The summed E-state index contributed by atoms with van der Waals surface area (Å²) < 4.78 is 18.5. The smallest absolute Gasteiger partial charge is 0.260 e. The van der Waals surface area contributed by atoms with E-state index < -0.39 is 11.9 Å². The summed E-state index contributed by atoms with van der Waals surface area (Å²) in [4.78, 5) is 11.4. The highest BCUT2D eigenvalue weighted by Gasteiger charge is 2.14. The fourth-order valence-corrected chi connectivity index (χ4v) is 1.38. The first-order valence-electron chi connectivity index (χ1n) is 5.50. The molecule has 1 atom stereocenters. The van der Waals surface area contributed by atoms with Crippen molar-refractivity contribution in [1.29, 1.82) is 0 Å². The average Bonchev–Trinajstić information content (AvgIpc) is 2.28. The Morgan fingerprint density at radius 2 is 2.24 bits per heavy atom. The molecule has 0 saturated carbocycles. The highest BCUT2D eigenvalue weighted by molar-refractivity contribution is 5.80. The van der Waals surface area contributed by atoms with Gasteiger partial charge in [0.25, 0.3) is 5.91 Å². The Bertz CT molecular complexity index is 396. The molecule has 0 fully saturated rings. The van der Waals surface area contributed by atoms with Gasteiger partial charge < -0.3 is 15.8 Å². The average molecular weight is 240 g/mol. The number of hydrogen-bond donors (Lipinski definition) is 2. The summed E-state index contributed by atoms with van der Waals surface area (Å²) in [7, 11) is 0. The predicted octanol–water partition coefficient (Wildman–Crippen LogP) is 1.19. The molecular weight excluding hydrogens is 223 g/mol. The monoisotopic (exact) mass is 240 g/mol. The Labute approximate surface area is 100.0 Å². The third-order valence-corrected chi connectivity index (χ3v) is 2.20. The van der Waals surface area contributed by atoms with Crippen LogP contribution < -0.4 is 15.8 Å². The highest BCUT2D eigenvalue weighted by atomic mass is 19.1. The van der Waals surface area contributed by atoms with Crippen molar-refractivity contribution in [3.8, 4) is 5.75 Å². The van der Waals surface area contributed by atoms with Crippen LogP contribution in [0.3, 0.4) is 0 Å². The molecule has 1 rings (SSSR count). The van der Waals surface area contributed by atoms with Crippen molar-refractivity contribution in [3.63, 3.8) is 0 Å². The third-order valence-electron chi connectivity index (χ3n) is 2.20. The van der Waals surface area contributed by atoms with Crippen molar-refractivity contribution in [1.82, 2.24) is 5.32 Å². The quantitative estimate of drug-likeness (QED) is 0.812. The van der Waals surface area contributed by atoms with Crippen LogP contribution in [0.5, 0.6) is 5.75 Å². The van der Waals surface area contributed by atoms with E-state index in [4.69, 9.17) is 10.5 Å². The van der Waals surface area contributed by atoms with Crippen LogP contribution in [0, 0.1) is 5.82 Å². The van der Waals surface area contributed by atoms with Crippen molar-refractivity contribution in [3.05, 3.63) is 29.6 Å². The number of carbonyl (C=O) groups excluding carboxylic acids is 1. The lowest BCUT2D eigenvalue weighted by Crippen LogP contribution is -2.36. The molecule has 3 N–H and O–H groups in total. The van der Waals surface area contributed by atoms with Gasteiger partial charge in [-0.05, 0) is 31.5 Å². The molecule has 0 aliphatic carbocycles. The summed E-state index contributed by atoms with van der Waals surface area (Å²) in [5.41, 5.74) is 6.05. The van der Waals surface area contributed by atoms with Crippen LogP contribution in [-0.4, -0.2) is 18.6 Å². The van der Waals surface area contributed by atoms with Crippen LogP contribution >= 0.6 is 0 Å². The predicted molar refractivity (Wildman–Crippen MR) is 63.1 cm³/mol. The molecule has 0 saturated heterocycles. The Morgan fingerprint density at radius 3 is 2.82 bits per heavy atom. The van der Waals surface area contributed by atoms with Gasteiger partial charge in [-0.25, -0.2) is 4.39 Å². The van der Waals surface area contributed by atoms with E-state index in [1.165, 1.54) is 12.1 Å². The van der Waals surface area contributed by atoms with Gasteiger partial charge in [-0.15, -0.1) is 0 Å². The zero-order valence-electron chi connectivity index (χ0n) is 10.00. The van der Waals surface area contributed by atoms with Gasteiger partial charge in [0.05, 0.1) is 0 Å². The zero-order valence-corrected chi connectivity index (χ0v) is 10.00. The highest BCUT2D eigenvalue weighted by Crippen LogP contribution is 2.17. The SMILES string of the molecule is CCNC(=O)C(C)Oc1cc(F)cc(CN)c1. The van der Waals surface area contributed by atoms with E-state index >= 15 is 0 Å². The van der Waals surface area contributed by atoms with Gasteiger partial charge in [0.2, 0.25) is 0 Å². The molecule has 0 heterocycles. The second-order valence-corrected chi connectivity index (χ2v) is 3.65. The minimum absolute atomic E-state index is 0.226. The first-order valence-corrected chi connectivity index (χ1v) is 5.50. The number of benzene rings is 1. The number of likely N-dealkylation sites (N-methyl/N-ethyl adjacent to an activating group) is 1. The molecule has 17 heavy (non-hydrogen) atoms. The van der Waals surface area contributed by atoms with Crippen LogP contribution in [-0.2, 0) is 11.3 Å². The van der Waals surface area contributed by atoms with E-state index in [1.54, 1.807) is 13.0 Å². The van der Waals surface area contributed by atoms with Crippen LogP contribution in [0.2, 0.25) is 0 Å². The number of carbonyl (C=O) groups is 1. The summed E-state index contributed by atoms with van der Waals surface area (Å²) in [5, 5.41) is 2.63. The molecule has 1 amide bonds. The fourth-order valence-electron chi connectivity index (χ4n) is 1.38. The second kappa shape index (κ2) is 6.20. The van der Waals surface area contributed by atoms with Gasteiger partial charge in [0.1, 0.15) is 11.6 Å². The molecule has 94 valence electrons. The van der Waals surface area contributed by atoms with Gasteiger partial charge in [-0.3, -0.25) is 4.79 Å². The maximum atomic E-state index is 13.2. The molecule has 0 spiro atoms. The molecule has 1 aromatic rings. The third kappa shape index (κ3) is 4.03. The normalized spacial score (nSPS) is 12.0. The molecule has 0 radical (unpaired) electrons. The van der Waals surface area contributed by atoms with Crippen molar-refractivity contribution < 1.29 is 13.9 Å². The van der Waals surface area contributed by atoms with Gasteiger partial charge >= 0.3 is 0 Å². The minimum atomic E-state index is -0.664. The number of nitrogens with two attached hydrogens (primary N) is 1. The Hall–Kier alpha value is -1.62. The molecule has 1 unspecified atom stereocenters. The maximum Gasteiger partial charge on any atom is 0.260 e. The topological polar surface area (TPSA) is 64.3 Å². The lowest BCUT2D eigenvalue weighted by molar-refractivity contribution is -0.127. The Kier molecular flexibility index (Phi) is 4.90. The lowest BCUT2D eigenvalue weighted by atomic mass is 10.2. The van der Waals surface area contributed by atoms with Crippen LogP contribution in [0.4, 0.5) is 4.39 Å².